The second kappa shape index (κ2) is 6.13. The van der Waals surface area contributed by atoms with Crippen LogP contribution in [0.2, 0.25) is 0 Å². The first-order chi connectivity index (χ1) is 10.2. The summed E-state index contributed by atoms with van der Waals surface area (Å²) in [4.78, 5) is 20.6. The number of nitrogens with zero attached hydrogens (tertiary/aromatic N) is 2. The molecule has 0 saturated heterocycles. The SMILES string of the molecule is Cc1cc(C)cc(Nc2nccc(C(=O)NC(C)(C)C)n2)c1. The Bertz CT molecular complexity index is 669. The van der Waals surface area contributed by atoms with E-state index in [2.05, 4.69) is 26.7 Å². The fraction of sp³-hybridized carbons (Fsp3) is 0.353. The molecule has 2 N–H and O–H groups in total. The third kappa shape index (κ3) is 4.55. The standard InChI is InChI=1S/C17H22N4O/c1-11-8-12(2)10-13(9-11)19-16-18-7-6-14(20-16)15(22)21-17(3,4)5/h6-10H,1-5H3,(H,21,22)(H,18,19,20). The maximum atomic E-state index is 12.1. The van der Waals surface area contributed by atoms with Gasteiger partial charge < -0.3 is 10.6 Å². The minimum atomic E-state index is -0.302. The van der Waals surface area contributed by atoms with E-state index in [-0.39, 0.29) is 11.4 Å². The summed E-state index contributed by atoms with van der Waals surface area (Å²) >= 11 is 0. The molecule has 2 rings (SSSR count). The van der Waals surface area contributed by atoms with Crippen LogP contribution in [0.5, 0.6) is 0 Å². The van der Waals surface area contributed by atoms with E-state index in [9.17, 15) is 4.79 Å². The number of benzene rings is 1. The summed E-state index contributed by atoms with van der Waals surface area (Å²) in [5.41, 5.74) is 3.26. The van der Waals surface area contributed by atoms with Crippen LogP contribution in [0.15, 0.2) is 30.5 Å². The van der Waals surface area contributed by atoms with Gasteiger partial charge in [0.1, 0.15) is 5.69 Å². The second-order valence-electron chi connectivity index (χ2n) is 6.47. The molecule has 1 amide bonds. The van der Waals surface area contributed by atoms with Gasteiger partial charge in [-0.25, -0.2) is 9.97 Å². The maximum absolute atomic E-state index is 12.1. The minimum absolute atomic E-state index is 0.210. The van der Waals surface area contributed by atoms with Crippen LogP contribution < -0.4 is 10.6 Å². The van der Waals surface area contributed by atoms with Crippen molar-refractivity contribution >= 4 is 17.5 Å². The molecule has 22 heavy (non-hydrogen) atoms. The summed E-state index contributed by atoms with van der Waals surface area (Å²) in [6.45, 7) is 9.86. The number of carbonyl (C=O) groups excluding carboxylic acids is 1. The van der Waals surface area contributed by atoms with Gasteiger partial charge in [-0.1, -0.05) is 6.07 Å². The van der Waals surface area contributed by atoms with Gasteiger partial charge in [-0.15, -0.1) is 0 Å². The second-order valence-corrected chi connectivity index (χ2v) is 6.47. The van der Waals surface area contributed by atoms with E-state index >= 15 is 0 Å². The molecule has 116 valence electrons. The molecule has 0 aliphatic carbocycles. The Kier molecular flexibility index (Phi) is 4.45. The van der Waals surface area contributed by atoms with Gasteiger partial charge in [0.15, 0.2) is 0 Å². The molecule has 1 aromatic heterocycles. The number of hydrogen-bond donors (Lipinski definition) is 2. The quantitative estimate of drug-likeness (QED) is 0.911. The van der Waals surface area contributed by atoms with Crippen molar-refractivity contribution in [2.75, 3.05) is 5.32 Å². The molecule has 2 aromatic rings. The first-order valence-corrected chi connectivity index (χ1v) is 7.24. The highest BCUT2D eigenvalue weighted by molar-refractivity contribution is 5.92. The number of nitrogens with one attached hydrogen (secondary N) is 2. The highest BCUT2D eigenvalue weighted by Gasteiger charge is 2.16. The summed E-state index contributed by atoms with van der Waals surface area (Å²) in [5.74, 6) is 0.199. The number of amides is 1. The van der Waals surface area contributed by atoms with Crippen LogP contribution in [0.3, 0.4) is 0 Å². The fourth-order valence-corrected chi connectivity index (χ4v) is 2.13. The number of rotatable bonds is 3. The molecule has 0 fully saturated rings. The molecular formula is C17H22N4O. The Hall–Kier alpha value is -2.43. The normalized spacial score (nSPS) is 11.1. The highest BCUT2D eigenvalue weighted by Crippen LogP contribution is 2.17. The lowest BCUT2D eigenvalue weighted by atomic mass is 10.1. The van der Waals surface area contributed by atoms with Gasteiger partial charge in [-0.05, 0) is 63.9 Å². The van der Waals surface area contributed by atoms with Gasteiger partial charge in [0.25, 0.3) is 5.91 Å². The number of aryl methyl sites for hydroxylation is 2. The fourth-order valence-electron chi connectivity index (χ4n) is 2.13. The Morgan fingerprint density at radius 3 is 2.32 bits per heavy atom. The third-order valence-corrected chi connectivity index (χ3v) is 2.85. The minimum Gasteiger partial charge on any atom is -0.346 e. The van der Waals surface area contributed by atoms with Crippen LogP contribution in [0.4, 0.5) is 11.6 Å². The molecule has 0 aliphatic heterocycles. The Morgan fingerprint density at radius 1 is 1.09 bits per heavy atom. The third-order valence-electron chi connectivity index (χ3n) is 2.85. The molecule has 0 radical (unpaired) electrons. The van der Waals surface area contributed by atoms with Gasteiger partial charge in [0.2, 0.25) is 5.95 Å². The van der Waals surface area contributed by atoms with Crippen LogP contribution in [0.25, 0.3) is 0 Å². The molecule has 0 unspecified atom stereocenters. The zero-order chi connectivity index (χ0) is 16.3. The highest BCUT2D eigenvalue weighted by atomic mass is 16.2. The number of carbonyl (C=O) groups is 1. The monoisotopic (exact) mass is 298 g/mol. The van der Waals surface area contributed by atoms with Gasteiger partial charge in [-0.2, -0.15) is 0 Å². The largest absolute Gasteiger partial charge is 0.346 e. The van der Waals surface area contributed by atoms with Crippen LogP contribution in [-0.2, 0) is 0 Å². The summed E-state index contributed by atoms with van der Waals surface area (Å²) in [6.07, 6.45) is 1.58. The lowest BCUT2D eigenvalue weighted by Crippen LogP contribution is -2.41. The van der Waals surface area contributed by atoms with Crippen molar-refractivity contribution in [1.29, 1.82) is 0 Å². The van der Waals surface area contributed by atoms with E-state index in [1.54, 1.807) is 12.3 Å². The molecule has 5 heteroatoms. The average molecular weight is 298 g/mol. The van der Waals surface area contributed by atoms with E-state index < -0.39 is 0 Å². The molecular weight excluding hydrogens is 276 g/mol. The van der Waals surface area contributed by atoms with Gasteiger partial charge in [-0.3, -0.25) is 4.79 Å². The Labute approximate surface area is 131 Å². The van der Waals surface area contributed by atoms with E-state index in [0.29, 0.717) is 11.6 Å². The molecule has 0 bridgehead atoms. The summed E-state index contributed by atoms with van der Waals surface area (Å²) in [7, 11) is 0. The lowest BCUT2D eigenvalue weighted by Gasteiger charge is -2.20. The molecule has 1 aromatic carbocycles. The summed E-state index contributed by atoms with van der Waals surface area (Å²) in [5, 5.41) is 6.03. The van der Waals surface area contributed by atoms with Gasteiger partial charge in [0.05, 0.1) is 0 Å². The number of hydrogen-bond acceptors (Lipinski definition) is 4. The van der Waals surface area contributed by atoms with Crippen LogP contribution in [0.1, 0.15) is 42.4 Å². The van der Waals surface area contributed by atoms with E-state index in [1.807, 2.05) is 46.8 Å². The predicted molar refractivity (Wildman–Crippen MR) is 88.4 cm³/mol. The zero-order valence-electron chi connectivity index (χ0n) is 13.7. The smallest absolute Gasteiger partial charge is 0.270 e. The first kappa shape index (κ1) is 15.9. The molecule has 0 saturated carbocycles. The van der Waals surface area contributed by atoms with Gasteiger partial charge in [0, 0.05) is 17.4 Å². The molecule has 1 heterocycles. The van der Waals surface area contributed by atoms with Crippen molar-refractivity contribution in [2.24, 2.45) is 0 Å². The van der Waals surface area contributed by atoms with Crippen LogP contribution >= 0.6 is 0 Å². The first-order valence-electron chi connectivity index (χ1n) is 7.24. The van der Waals surface area contributed by atoms with Crippen molar-refractivity contribution in [3.63, 3.8) is 0 Å². The topological polar surface area (TPSA) is 66.9 Å². The summed E-state index contributed by atoms with van der Waals surface area (Å²) in [6, 6.07) is 7.73. The number of aromatic nitrogens is 2. The Morgan fingerprint density at radius 2 is 1.73 bits per heavy atom. The van der Waals surface area contributed by atoms with Crippen LogP contribution in [-0.4, -0.2) is 21.4 Å². The Balaban J connectivity index is 2.19. The van der Waals surface area contributed by atoms with Crippen molar-refractivity contribution < 1.29 is 4.79 Å². The maximum Gasteiger partial charge on any atom is 0.270 e. The predicted octanol–water partition coefficient (Wildman–Crippen LogP) is 3.37. The molecule has 0 atom stereocenters. The summed E-state index contributed by atoms with van der Waals surface area (Å²) < 4.78 is 0. The van der Waals surface area contributed by atoms with Crippen molar-refractivity contribution in [3.05, 3.63) is 47.3 Å². The van der Waals surface area contributed by atoms with Gasteiger partial charge >= 0.3 is 0 Å². The van der Waals surface area contributed by atoms with Crippen LogP contribution in [0, 0.1) is 13.8 Å². The molecule has 5 nitrogen and oxygen atoms in total. The molecule has 0 aliphatic rings. The van der Waals surface area contributed by atoms with E-state index in [0.717, 1.165) is 16.8 Å². The van der Waals surface area contributed by atoms with Crippen molar-refractivity contribution in [3.8, 4) is 0 Å². The van der Waals surface area contributed by atoms with Crippen molar-refractivity contribution in [1.82, 2.24) is 15.3 Å². The zero-order valence-corrected chi connectivity index (χ0v) is 13.7. The van der Waals surface area contributed by atoms with E-state index in [1.165, 1.54) is 0 Å². The van der Waals surface area contributed by atoms with E-state index in [4.69, 9.17) is 0 Å². The van der Waals surface area contributed by atoms with Crippen molar-refractivity contribution in [2.45, 2.75) is 40.2 Å². The number of anilines is 2. The lowest BCUT2D eigenvalue weighted by molar-refractivity contribution is 0.0914. The average Bonchev–Trinajstić information content (AvgIpc) is 2.35. The molecule has 0 spiro atoms.